The number of benzene rings is 1. The van der Waals surface area contributed by atoms with Crippen LogP contribution in [0.15, 0.2) is 18.2 Å². The lowest BCUT2D eigenvalue weighted by Gasteiger charge is -2.14. The van der Waals surface area contributed by atoms with Crippen LogP contribution in [0.2, 0.25) is 10.0 Å². The Morgan fingerprint density at radius 1 is 1.35 bits per heavy atom. The number of carbonyl (C=O) groups is 1. The predicted molar refractivity (Wildman–Crippen MR) is 70.8 cm³/mol. The second-order valence-electron chi connectivity index (χ2n) is 3.69. The fraction of sp³-hybridized carbons (Fsp3) is 0.417. The van der Waals surface area contributed by atoms with Crippen molar-refractivity contribution >= 4 is 34.9 Å². The maximum atomic E-state index is 11.5. The third-order valence-corrected chi connectivity index (χ3v) is 2.48. The van der Waals surface area contributed by atoms with Crippen molar-refractivity contribution in [3.8, 4) is 0 Å². The van der Waals surface area contributed by atoms with E-state index in [2.05, 4.69) is 5.32 Å². The molecule has 17 heavy (non-hydrogen) atoms. The van der Waals surface area contributed by atoms with Crippen LogP contribution in [0.25, 0.3) is 0 Å². The van der Waals surface area contributed by atoms with Gasteiger partial charge in [0.15, 0.2) is 0 Å². The van der Waals surface area contributed by atoms with Crippen molar-refractivity contribution in [1.29, 1.82) is 0 Å². The van der Waals surface area contributed by atoms with E-state index < -0.39 is 6.04 Å². The highest BCUT2D eigenvalue weighted by Gasteiger charge is 2.14. The predicted octanol–water partition coefficient (Wildman–Crippen LogP) is 3.75. The summed E-state index contributed by atoms with van der Waals surface area (Å²) in [6, 6.07) is 4.61. The molecule has 1 rings (SSSR count). The minimum atomic E-state index is -0.434. The van der Waals surface area contributed by atoms with Crippen LogP contribution in [0.5, 0.6) is 0 Å². The molecule has 0 radical (unpaired) electrons. The molecule has 3 nitrogen and oxygen atoms in total. The zero-order chi connectivity index (χ0) is 12.8. The van der Waals surface area contributed by atoms with Gasteiger partial charge in [0.25, 0.3) is 0 Å². The topological polar surface area (TPSA) is 38.3 Å². The highest BCUT2D eigenvalue weighted by molar-refractivity contribution is 6.35. The van der Waals surface area contributed by atoms with Gasteiger partial charge in [0.1, 0.15) is 6.04 Å². The van der Waals surface area contributed by atoms with Crippen LogP contribution in [0, 0.1) is 0 Å². The van der Waals surface area contributed by atoms with Crippen LogP contribution in [-0.4, -0.2) is 18.6 Å². The Balaban J connectivity index is 2.60. The Morgan fingerprint density at radius 2 is 1.94 bits per heavy atom. The molecule has 0 spiro atoms. The van der Waals surface area contributed by atoms with E-state index >= 15 is 0 Å². The van der Waals surface area contributed by atoms with Crippen molar-refractivity contribution in [2.75, 3.05) is 11.9 Å². The number of hydrogen-bond acceptors (Lipinski definition) is 3. The fourth-order valence-electron chi connectivity index (χ4n) is 1.27. The van der Waals surface area contributed by atoms with Gasteiger partial charge in [-0.25, -0.2) is 4.79 Å². The molecule has 1 aromatic rings. The Labute approximate surface area is 111 Å². The normalized spacial score (nSPS) is 12.0. The quantitative estimate of drug-likeness (QED) is 0.832. The molecule has 1 N–H and O–H groups in total. The molecule has 0 aliphatic carbocycles. The van der Waals surface area contributed by atoms with Crippen molar-refractivity contribution < 1.29 is 9.53 Å². The van der Waals surface area contributed by atoms with Gasteiger partial charge in [-0.2, -0.15) is 0 Å². The van der Waals surface area contributed by atoms with E-state index in [-0.39, 0.29) is 5.97 Å². The second kappa shape index (κ2) is 6.72. The number of nitrogens with one attached hydrogen (secondary N) is 1. The van der Waals surface area contributed by atoms with Crippen molar-refractivity contribution in [1.82, 2.24) is 0 Å². The average molecular weight is 276 g/mol. The van der Waals surface area contributed by atoms with Gasteiger partial charge in [0.05, 0.1) is 6.61 Å². The number of anilines is 1. The fourth-order valence-corrected chi connectivity index (χ4v) is 1.80. The molecule has 0 aliphatic heterocycles. The molecule has 1 atom stereocenters. The Bertz CT molecular complexity index is 376. The number of rotatable bonds is 5. The molecule has 5 heteroatoms. The minimum absolute atomic E-state index is 0.289. The Hall–Kier alpha value is -0.930. The first-order chi connectivity index (χ1) is 8.02. The lowest BCUT2D eigenvalue weighted by molar-refractivity contribution is -0.144. The number of carbonyl (C=O) groups excluding carboxylic acids is 1. The number of halogens is 2. The molecule has 0 aliphatic rings. The average Bonchev–Trinajstić information content (AvgIpc) is 2.24. The SMILES string of the molecule is CCCOC(=O)[C@H](C)Nc1cc(Cl)cc(Cl)c1. The van der Waals surface area contributed by atoms with Crippen molar-refractivity contribution in [2.24, 2.45) is 0 Å². The van der Waals surface area contributed by atoms with Gasteiger partial charge in [-0.1, -0.05) is 30.1 Å². The minimum Gasteiger partial charge on any atom is -0.464 e. The number of hydrogen-bond donors (Lipinski definition) is 1. The lowest BCUT2D eigenvalue weighted by Crippen LogP contribution is -2.28. The molecule has 1 aromatic carbocycles. The van der Waals surface area contributed by atoms with E-state index in [1.165, 1.54) is 0 Å². The first kappa shape index (κ1) is 14.1. The summed E-state index contributed by atoms with van der Waals surface area (Å²) in [5, 5.41) is 4.03. The van der Waals surface area contributed by atoms with E-state index in [0.717, 1.165) is 6.42 Å². The van der Waals surface area contributed by atoms with Crippen molar-refractivity contribution in [3.05, 3.63) is 28.2 Å². The number of ether oxygens (including phenoxy) is 1. The Morgan fingerprint density at radius 3 is 2.47 bits per heavy atom. The van der Waals surface area contributed by atoms with Crippen molar-refractivity contribution in [2.45, 2.75) is 26.3 Å². The highest BCUT2D eigenvalue weighted by atomic mass is 35.5. The van der Waals surface area contributed by atoms with Gasteiger partial charge in [0, 0.05) is 15.7 Å². The highest BCUT2D eigenvalue weighted by Crippen LogP contribution is 2.22. The molecule has 0 fully saturated rings. The van der Waals surface area contributed by atoms with E-state index in [1.807, 2.05) is 6.92 Å². The van der Waals surface area contributed by atoms with E-state index in [0.29, 0.717) is 22.3 Å². The summed E-state index contributed by atoms with van der Waals surface area (Å²) in [4.78, 5) is 11.5. The molecular formula is C12H15Cl2NO2. The summed E-state index contributed by atoms with van der Waals surface area (Å²) in [5.41, 5.74) is 0.698. The Kier molecular flexibility index (Phi) is 5.59. The van der Waals surface area contributed by atoms with Crippen LogP contribution >= 0.6 is 23.2 Å². The van der Waals surface area contributed by atoms with Gasteiger partial charge >= 0.3 is 5.97 Å². The molecule has 0 saturated carbocycles. The van der Waals surface area contributed by atoms with Gasteiger partial charge in [0.2, 0.25) is 0 Å². The molecule has 0 aromatic heterocycles. The molecule has 0 unspecified atom stereocenters. The van der Waals surface area contributed by atoms with Gasteiger partial charge in [-0.05, 0) is 31.5 Å². The smallest absolute Gasteiger partial charge is 0.328 e. The van der Waals surface area contributed by atoms with E-state index in [1.54, 1.807) is 25.1 Å². The molecule has 0 amide bonds. The van der Waals surface area contributed by atoms with Crippen LogP contribution in [-0.2, 0) is 9.53 Å². The third kappa shape index (κ3) is 4.84. The van der Waals surface area contributed by atoms with Crippen molar-refractivity contribution in [3.63, 3.8) is 0 Å². The first-order valence-electron chi connectivity index (χ1n) is 5.42. The number of esters is 1. The molecule has 94 valence electrons. The van der Waals surface area contributed by atoms with Crippen LogP contribution < -0.4 is 5.32 Å². The standard InChI is InChI=1S/C12H15Cl2NO2/c1-3-4-17-12(16)8(2)15-11-6-9(13)5-10(14)7-11/h5-8,15H,3-4H2,1-2H3/t8-/m0/s1. The largest absolute Gasteiger partial charge is 0.464 e. The zero-order valence-electron chi connectivity index (χ0n) is 9.80. The molecule has 0 heterocycles. The van der Waals surface area contributed by atoms with E-state index in [9.17, 15) is 4.79 Å². The van der Waals surface area contributed by atoms with Crippen LogP contribution in [0.4, 0.5) is 5.69 Å². The van der Waals surface area contributed by atoms with Gasteiger partial charge < -0.3 is 10.1 Å². The summed E-state index contributed by atoms with van der Waals surface area (Å²) in [5.74, 6) is -0.289. The molecule has 0 bridgehead atoms. The van der Waals surface area contributed by atoms with E-state index in [4.69, 9.17) is 27.9 Å². The maximum absolute atomic E-state index is 11.5. The first-order valence-corrected chi connectivity index (χ1v) is 6.17. The maximum Gasteiger partial charge on any atom is 0.328 e. The van der Waals surface area contributed by atoms with Gasteiger partial charge in [-0.15, -0.1) is 0 Å². The van der Waals surface area contributed by atoms with Crippen LogP contribution in [0.1, 0.15) is 20.3 Å². The third-order valence-electron chi connectivity index (χ3n) is 2.05. The zero-order valence-corrected chi connectivity index (χ0v) is 11.3. The molecule has 0 saturated heterocycles. The monoisotopic (exact) mass is 275 g/mol. The summed E-state index contributed by atoms with van der Waals surface area (Å²) < 4.78 is 5.02. The summed E-state index contributed by atoms with van der Waals surface area (Å²) in [7, 11) is 0. The summed E-state index contributed by atoms with van der Waals surface area (Å²) in [6.07, 6.45) is 0.807. The summed E-state index contributed by atoms with van der Waals surface area (Å²) >= 11 is 11.7. The van der Waals surface area contributed by atoms with Gasteiger partial charge in [-0.3, -0.25) is 0 Å². The second-order valence-corrected chi connectivity index (χ2v) is 4.56. The molecular weight excluding hydrogens is 261 g/mol. The van der Waals surface area contributed by atoms with Crippen LogP contribution in [0.3, 0.4) is 0 Å². The lowest BCUT2D eigenvalue weighted by atomic mass is 10.2. The summed E-state index contributed by atoms with van der Waals surface area (Å²) in [6.45, 7) is 4.11.